The minimum Gasteiger partial charge on any atom is -0.479 e. The number of carboxylic acid groups (broad SMARTS) is 2. The van der Waals surface area contributed by atoms with Crippen LogP contribution >= 0.6 is 0 Å². The molecule has 1 heterocycles. The molecule has 7 nitrogen and oxygen atoms in total. The number of aliphatic hydroxyl groups is 1. The van der Waals surface area contributed by atoms with Crippen molar-refractivity contribution in [3.8, 4) is 0 Å². The van der Waals surface area contributed by atoms with Gasteiger partial charge in [-0.15, -0.1) is 6.58 Å². The van der Waals surface area contributed by atoms with Crippen LogP contribution in [0.5, 0.6) is 0 Å². The van der Waals surface area contributed by atoms with Crippen LogP contribution in [0.15, 0.2) is 12.7 Å². The summed E-state index contributed by atoms with van der Waals surface area (Å²) in [6, 6.07) is 0. The second-order valence-corrected chi connectivity index (χ2v) is 5.83. The van der Waals surface area contributed by atoms with E-state index in [4.69, 9.17) is 10.2 Å². The summed E-state index contributed by atoms with van der Waals surface area (Å²) in [6.45, 7) is 3.65. The fraction of sp³-hybridized carbons (Fsp3) is 0.688. The first-order chi connectivity index (χ1) is 10.9. The summed E-state index contributed by atoms with van der Waals surface area (Å²) >= 11 is 0. The van der Waals surface area contributed by atoms with Crippen molar-refractivity contribution in [1.82, 2.24) is 0 Å². The molecule has 3 atom stereocenters. The van der Waals surface area contributed by atoms with Crippen molar-refractivity contribution in [3.05, 3.63) is 12.7 Å². The van der Waals surface area contributed by atoms with Gasteiger partial charge in [0.2, 0.25) is 11.7 Å². The lowest BCUT2D eigenvalue weighted by Gasteiger charge is -2.24. The molecule has 0 aromatic rings. The quantitative estimate of drug-likeness (QED) is 0.300. The fourth-order valence-electron chi connectivity index (χ4n) is 2.83. The number of hydrogen-bond acceptors (Lipinski definition) is 5. The van der Waals surface area contributed by atoms with Crippen LogP contribution in [0.4, 0.5) is 0 Å². The number of allylic oxidation sites excluding steroid dienone is 1. The third-order valence-corrected chi connectivity index (χ3v) is 4.17. The molecule has 0 aromatic heterocycles. The van der Waals surface area contributed by atoms with Crippen LogP contribution in [-0.4, -0.2) is 44.9 Å². The van der Waals surface area contributed by atoms with Gasteiger partial charge in [-0.25, -0.2) is 9.59 Å². The molecule has 130 valence electrons. The molecule has 0 spiro atoms. The van der Waals surface area contributed by atoms with Gasteiger partial charge < -0.3 is 20.1 Å². The number of unbranched alkanes of at least 4 members (excludes halogenated alkanes) is 6. The number of aliphatic carboxylic acids is 2. The van der Waals surface area contributed by atoms with Gasteiger partial charge in [-0.2, -0.15) is 0 Å². The molecule has 0 radical (unpaired) electrons. The van der Waals surface area contributed by atoms with E-state index in [0.29, 0.717) is 6.42 Å². The predicted molar refractivity (Wildman–Crippen MR) is 80.7 cm³/mol. The first kappa shape index (κ1) is 19.2. The average molecular weight is 328 g/mol. The molecule has 0 bridgehead atoms. The van der Waals surface area contributed by atoms with Gasteiger partial charge in [0.15, 0.2) is 0 Å². The SMILES string of the molecule is C=CCCCCCCCC[C@H]1C(=O)O[C@@H](C(=O)O)[C@]1(O)C(=O)O. The lowest BCUT2D eigenvalue weighted by atomic mass is 9.82. The van der Waals surface area contributed by atoms with Gasteiger partial charge in [0.05, 0.1) is 0 Å². The topological polar surface area (TPSA) is 121 Å². The average Bonchev–Trinajstić information content (AvgIpc) is 2.75. The van der Waals surface area contributed by atoms with Crippen molar-refractivity contribution < 1.29 is 34.4 Å². The van der Waals surface area contributed by atoms with Crippen LogP contribution in [0.1, 0.15) is 51.4 Å². The van der Waals surface area contributed by atoms with Crippen LogP contribution in [0.2, 0.25) is 0 Å². The van der Waals surface area contributed by atoms with E-state index in [1.54, 1.807) is 0 Å². The van der Waals surface area contributed by atoms with Crippen molar-refractivity contribution in [2.24, 2.45) is 5.92 Å². The molecule has 1 aliphatic heterocycles. The molecule has 0 unspecified atom stereocenters. The molecule has 0 saturated carbocycles. The maximum atomic E-state index is 11.7. The fourth-order valence-corrected chi connectivity index (χ4v) is 2.83. The number of ether oxygens (including phenoxy) is 1. The minimum atomic E-state index is -2.70. The van der Waals surface area contributed by atoms with Crippen molar-refractivity contribution in [2.45, 2.75) is 63.1 Å². The van der Waals surface area contributed by atoms with E-state index >= 15 is 0 Å². The molecule has 3 N–H and O–H groups in total. The molecule has 1 aliphatic rings. The lowest BCUT2D eigenvalue weighted by Crippen LogP contribution is -2.54. The van der Waals surface area contributed by atoms with Crippen LogP contribution in [0, 0.1) is 5.92 Å². The largest absolute Gasteiger partial charge is 0.479 e. The monoisotopic (exact) mass is 328 g/mol. The molecule has 1 saturated heterocycles. The van der Waals surface area contributed by atoms with Crippen LogP contribution in [0.3, 0.4) is 0 Å². The van der Waals surface area contributed by atoms with Gasteiger partial charge in [-0.3, -0.25) is 4.79 Å². The van der Waals surface area contributed by atoms with E-state index in [1.807, 2.05) is 6.08 Å². The van der Waals surface area contributed by atoms with Gasteiger partial charge in [-0.05, 0) is 19.3 Å². The van der Waals surface area contributed by atoms with Gasteiger partial charge in [0.1, 0.15) is 5.92 Å². The number of cyclic esters (lactones) is 1. The molecular formula is C16H24O7. The highest BCUT2D eigenvalue weighted by Crippen LogP contribution is 2.36. The summed E-state index contributed by atoms with van der Waals surface area (Å²) < 4.78 is 4.56. The number of rotatable bonds is 11. The molecule has 23 heavy (non-hydrogen) atoms. The Morgan fingerprint density at radius 2 is 1.70 bits per heavy atom. The van der Waals surface area contributed by atoms with Crippen molar-refractivity contribution in [3.63, 3.8) is 0 Å². The molecule has 0 aromatic carbocycles. The van der Waals surface area contributed by atoms with Crippen molar-refractivity contribution >= 4 is 17.9 Å². The summed E-state index contributed by atoms with van der Waals surface area (Å²) in [5.41, 5.74) is -2.70. The van der Waals surface area contributed by atoms with E-state index < -0.39 is 35.5 Å². The summed E-state index contributed by atoms with van der Waals surface area (Å²) in [5, 5.41) is 28.3. The predicted octanol–water partition coefficient (Wildman–Crippen LogP) is 1.74. The van der Waals surface area contributed by atoms with Crippen molar-refractivity contribution in [2.75, 3.05) is 0 Å². The number of carbonyl (C=O) groups excluding carboxylic acids is 1. The summed E-state index contributed by atoms with van der Waals surface area (Å²) in [6.07, 6.45) is 6.34. The normalized spacial score (nSPS) is 26.7. The third kappa shape index (κ3) is 4.54. The molecule has 0 amide bonds. The zero-order valence-corrected chi connectivity index (χ0v) is 13.1. The Morgan fingerprint density at radius 3 is 2.22 bits per heavy atom. The lowest BCUT2D eigenvalue weighted by molar-refractivity contribution is -0.179. The molecule has 1 rings (SSSR count). The Hall–Kier alpha value is -1.89. The van der Waals surface area contributed by atoms with E-state index in [0.717, 1.165) is 38.5 Å². The summed E-state index contributed by atoms with van der Waals surface area (Å²) in [5.74, 6) is -5.71. The molecular weight excluding hydrogens is 304 g/mol. The number of carboxylic acids is 2. The Bertz CT molecular complexity index is 459. The number of carbonyl (C=O) groups is 3. The zero-order valence-electron chi connectivity index (χ0n) is 13.1. The van der Waals surface area contributed by atoms with Crippen LogP contribution in [0.25, 0.3) is 0 Å². The maximum absolute atomic E-state index is 11.7. The van der Waals surface area contributed by atoms with Gasteiger partial charge in [0.25, 0.3) is 0 Å². The highest BCUT2D eigenvalue weighted by molar-refractivity contribution is 5.97. The Balaban J connectivity index is 2.48. The number of hydrogen-bond donors (Lipinski definition) is 3. The van der Waals surface area contributed by atoms with Crippen LogP contribution in [-0.2, 0) is 19.1 Å². The van der Waals surface area contributed by atoms with Crippen molar-refractivity contribution in [1.29, 1.82) is 0 Å². The summed E-state index contributed by atoms with van der Waals surface area (Å²) in [4.78, 5) is 34.0. The first-order valence-electron chi connectivity index (χ1n) is 7.85. The number of esters is 1. The first-order valence-corrected chi connectivity index (χ1v) is 7.85. The van der Waals surface area contributed by atoms with E-state index in [1.165, 1.54) is 0 Å². The third-order valence-electron chi connectivity index (χ3n) is 4.17. The molecule has 0 aliphatic carbocycles. The zero-order chi connectivity index (χ0) is 17.5. The van der Waals surface area contributed by atoms with Gasteiger partial charge >= 0.3 is 17.9 Å². The van der Waals surface area contributed by atoms with Gasteiger partial charge in [0, 0.05) is 0 Å². The Labute approximate surface area is 134 Å². The van der Waals surface area contributed by atoms with E-state index in [9.17, 15) is 19.5 Å². The standard InChI is InChI=1S/C16H24O7/c1-2-3-4-5-6-7-8-9-10-11-14(19)23-12(13(17)18)16(11,22)15(20)21/h2,11-12,22H,1,3-10H2,(H,17,18)(H,20,21)/t11-,12-,16-/m0/s1. The van der Waals surface area contributed by atoms with E-state index in [-0.39, 0.29) is 6.42 Å². The molecule has 7 heteroatoms. The Morgan fingerprint density at radius 1 is 1.13 bits per heavy atom. The second-order valence-electron chi connectivity index (χ2n) is 5.83. The minimum absolute atomic E-state index is 0.0953. The Kier molecular flexibility index (Phi) is 7.22. The van der Waals surface area contributed by atoms with E-state index in [2.05, 4.69) is 11.3 Å². The van der Waals surface area contributed by atoms with Gasteiger partial charge in [-0.1, -0.05) is 38.2 Å². The maximum Gasteiger partial charge on any atom is 0.348 e. The summed E-state index contributed by atoms with van der Waals surface area (Å²) in [7, 11) is 0. The highest BCUT2D eigenvalue weighted by atomic mass is 16.6. The highest BCUT2D eigenvalue weighted by Gasteiger charge is 2.64. The van der Waals surface area contributed by atoms with Crippen LogP contribution < -0.4 is 0 Å². The smallest absolute Gasteiger partial charge is 0.348 e. The second kappa shape index (κ2) is 8.67. The molecule has 1 fully saturated rings.